The van der Waals surface area contributed by atoms with Crippen molar-refractivity contribution >= 4 is 17.1 Å². The van der Waals surface area contributed by atoms with E-state index in [9.17, 15) is 14.3 Å². The minimum absolute atomic E-state index is 0.0666. The molecule has 2 nitrogen and oxygen atoms in total. The number of hydrogen-bond acceptors (Lipinski definition) is 3. The van der Waals surface area contributed by atoms with Gasteiger partial charge in [0.25, 0.3) is 0 Å². The molecule has 2 aromatic rings. The van der Waals surface area contributed by atoms with Gasteiger partial charge in [0.15, 0.2) is 5.78 Å². The predicted molar refractivity (Wildman–Crippen MR) is 61.4 cm³/mol. The average molecular weight is 236 g/mol. The number of aromatic hydroxyl groups is 1. The maximum absolute atomic E-state index is 13.0. The molecule has 0 aliphatic carbocycles. The smallest absolute Gasteiger partial charge is 0.164 e. The van der Waals surface area contributed by atoms with E-state index in [0.717, 1.165) is 0 Å². The first-order valence-corrected chi connectivity index (χ1v) is 5.55. The number of thiophene rings is 1. The Morgan fingerprint density at radius 3 is 2.75 bits per heavy atom. The second kappa shape index (κ2) is 4.06. The van der Waals surface area contributed by atoms with Crippen LogP contribution in [-0.2, 0) is 0 Å². The molecule has 0 saturated heterocycles. The summed E-state index contributed by atoms with van der Waals surface area (Å²) >= 11 is 1.23. The molecule has 0 unspecified atom stereocenters. The molecule has 4 heteroatoms. The number of rotatable bonds is 2. The zero-order chi connectivity index (χ0) is 11.7. The largest absolute Gasteiger partial charge is 0.506 e. The highest BCUT2D eigenvalue weighted by Crippen LogP contribution is 2.38. The van der Waals surface area contributed by atoms with Crippen LogP contribution in [0.25, 0.3) is 10.4 Å². The lowest BCUT2D eigenvalue weighted by atomic mass is 10.1. The molecule has 1 aromatic carbocycles. The molecule has 0 aliphatic heterocycles. The van der Waals surface area contributed by atoms with Crippen LogP contribution >= 0.6 is 11.3 Å². The maximum Gasteiger partial charge on any atom is 0.164 e. The number of benzene rings is 1. The molecule has 1 N–H and O–H groups in total. The standard InChI is InChI=1S/C12H9FO2S/c1-7(14)10-6-16-12(11(10)15)8-3-2-4-9(13)5-8/h2-6,15H,1H3. The van der Waals surface area contributed by atoms with Crippen molar-refractivity contribution in [1.82, 2.24) is 0 Å². The van der Waals surface area contributed by atoms with Gasteiger partial charge < -0.3 is 5.11 Å². The van der Waals surface area contributed by atoms with E-state index >= 15 is 0 Å². The van der Waals surface area contributed by atoms with Crippen molar-refractivity contribution in [2.24, 2.45) is 0 Å². The van der Waals surface area contributed by atoms with Crippen LogP contribution in [0.4, 0.5) is 4.39 Å². The summed E-state index contributed by atoms with van der Waals surface area (Å²) in [6, 6.07) is 5.92. The minimum Gasteiger partial charge on any atom is -0.506 e. The molecule has 1 aromatic heterocycles. The summed E-state index contributed by atoms with van der Waals surface area (Å²) in [6.45, 7) is 1.39. The van der Waals surface area contributed by atoms with E-state index < -0.39 is 0 Å². The highest BCUT2D eigenvalue weighted by Gasteiger charge is 2.15. The summed E-state index contributed by atoms with van der Waals surface area (Å²) in [4.78, 5) is 11.7. The van der Waals surface area contributed by atoms with Gasteiger partial charge >= 0.3 is 0 Å². The fraction of sp³-hybridized carbons (Fsp3) is 0.0833. The van der Waals surface area contributed by atoms with Crippen LogP contribution in [0.1, 0.15) is 17.3 Å². The number of halogens is 1. The summed E-state index contributed by atoms with van der Waals surface area (Å²) in [5.74, 6) is -0.630. The number of carbonyl (C=O) groups is 1. The van der Waals surface area contributed by atoms with Gasteiger partial charge in [-0.1, -0.05) is 12.1 Å². The van der Waals surface area contributed by atoms with Gasteiger partial charge in [-0.05, 0) is 24.6 Å². The van der Waals surface area contributed by atoms with E-state index in [2.05, 4.69) is 0 Å². The molecule has 2 rings (SSSR count). The molecule has 82 valence electrons. The highest BCUT2D eigenvalue weighted by molar-refractivity contribution is 7.14. The van der Waals surface area contributed by atoms with E-state index in [4.69, 9.17) is 0 Å². The van der Waals surface area contributed by atoms with Crippen molar-refractivity contribution in [3.05, 3.63) is 41.0 Å². The lowest BCUT2D eigenvalue weighted by molar-refractivity contribution is 0.101. The third kappa shape index (κ3) is 1.84. The van der Waals surface area contributed by atoms with Crippen LogP contribution in [0.15, 0.2) is 29.6 Å². The van der Waals surface area contributed by atoms with Gasteiger partial charge in [0.2, 0.25) is 0 Å². The fourth-order valence-electron chi connectivity index (χ4n) is 1.44. The normalized spacial score (nSPS) is 10.4. The Morgan fingerprint density at radius 1 is 1.44 bits per heavy atom. The molecule has 0 atom stereocenters. The van der Waals surface area contributed by atoms with Gasteiger partial charge in [0, 0.05) is 5.38 Å². The summed E-state index contributed by atoms with van der Waals surface area (Å²) < 4.78 is 13.0. The van der Waals surface area contributed by atoms with Gasteiger partial charge in [0.05, 0.1) is 10.4 Å². The summed E-state index contributed by atoms with van der Waals surface area (Å²) in [7, 11) is 0. The van der Waals surface area contributed by atoms with Crippen molar-refractivity contribution in [2.75, 3.05) is 0 Å². The Morgan fingerprint density at radius 2 is 2.19 bits per heavy atom. The zero-order valence-corrected chi connectivity index (χ0v) is 9.34. The molecule has 0 radical (unpaired) electrons. The van der Waals surface area contributed by atoms with Crippen molar-refractivity contribution in [1.29, 1.82) is 0 Å². The molecule has 0 saturated carbocycles. The monoisotopic (exact) mass is 236 g/mol. The van der Waals surface area contributed by atoms with Crippen LogP contribution in [0.3, 0.4) is 0 Å². The summed E-state index contributed by atoms with van der Waals surface area (Å²) in [5.41, 5.74) is 0.860. The topological polar surface area (TPSA) is 37.3 Å². The summed E-state index contributed by atoms with van der Waals surface area (Å²) in [5, 5.41) is 11.4. The van der Waals surface area contributed by atoms with Gasteiger partial charge in [-0.3, -0.25) is 4.79 Å². The van der Waals surface area contributed by atoms with Gasteiger partial charge in [-0.25, -0.2) is 4.39 Å². The molecule has 0 fully saturated rings. The first kappa shape index (κ1) is 10.8. The van der Waals surface area contributed by atoms with Crippen LogP contribution in [0.2, 0.25) is 0 Å². The van der Waals surface area contributed by atoms with E-state index in [0.29, 0.717) is 10.4 Å². The zero-order valence-electron chi connectivity index (χ0n) is 8.53. The number of carbonyl (C=O) groups excluding carboxylic acids is 1. The van der Waals surface area contributed by atoms with E-state index in [-0.39, 0.29) is 22.9 Å². The first-order valence-electron chi connectivity index (χ1n) is 4.67. The lowest BCUT2D eigenvalue weighted by Crippen LogP contribution is -1.88. The molecule has 1 heterocycles. The van der Waals surface area contributed by atoms with Crippen LogP contribution in [0.5, 0.6) is 5.75 Å². The molecule has 16 heavy (non-hydrogen) atoms. The third-order valence-electron chi connectivity index (χ3n) is 2.23. The number of ketones is 1. The molecular formula is C12H9FO2S. The van der Waals surface area contributed by atoms with Crippen LogP contribution in [-0.4, -0.2) is 10.9 Å². The van der Waals surface area contributed by atoms with Crippen LogP contribution in [0, 0.1) is 5.82 Å². The Bertz CT molecular complexity index is 546. The second-order valence-electron chi connectivity index (χ2n) is 3.39. The third-order valence-corrected chi connectivity index (χ3v) is 3.25. The fourth-order valence-corrected chi connectivity index (χ4v) is 2.43. The minimum atomic E-state index is -0.366. The quantitative estimate of drug-likeness (QED) is 0.811. The van der Waals surface area contributed by atoms with Crippen LogP contribution < -0.4 is 0 Å². The van der Waals surface area contributed by atoms with Gasteiger partial charge in [-0.2, -0.15) is 0 Å². The molecule has 0 aliphatic rings. The number of Topliss-reactive ketones (excluding diaryl/α,β-unsaturated/α-hetero) is 1. The van der Waals surface area contributed by atoms with E-state index in [1.165, 1.54) is 30.4 Å². The number of hydrogen-bond donors (Lipinski definition) is 1. The van der Waals surface area contributed by atoms with Gasteiger partial charge in [0.1, 0.15) is 11.6 Å². The summed E-state index contributed by atoms with van der Waals surface area (Å²) in [6.07, 6.45) is 0. The van der Waals surface area contributed by atoms with Crippen molar-refractivity contribution in [3.8, 4) is 16.2 Å². The van der Waals surface area contributed by atoms with Crippen molar-refractivity contribution in [2.45, 2.75) is 6.92 Å². The SMILES string of the molecule is CC(=O)c1csc(-c2cccc(F)c2)c1O. The Kier molecular flexibility index (Phi) is 2.75. The molecular weight excluding hydrogens is 227 g/mol. The van der Waals surface area contributed by atoms with E-state index in [1.54, 1.807) is 17.5 Å². The lowest BCUT2D eigenvalue weighted by Gasteiger charge is -1.99. The highest BCUT2D eigenvalue weighted by atomic mass is 32.1. The Labute approximate surface area is 96.0 Å². The second-order valence-corrected chi connectivity index (χ2v) is 4.27. The molecule has 0 bridgehead atoms. The maximum atomic E-state index is 13.0. The Hall–Kier alpha value is -1.68. The predicted octanol–water partition coefficient (Wildman–Crippen LogP) is 3.46. The molecule has 0 amide bonds. The van der Waals surface area contributed by atoms with E-state index in [1.807, 2.05) is 0 Å². The Balaban J connectivity index is 2.53. The van der Waals surface area contributed by atoms with Crippen molar-refractivity contribution in [3.63, 3.8) is 0 Å². The van der Waals surface area contributed by atoms with Gasteiger partial charge in [-0.15, -0.1) is 11.3 Å². The van der Waals surface area contributed by atoms with Crippen molar-refractivity contribution < 1.29 is 14.3 Å². The average Bonchev–Trinajstić information content (AvgIpc) is 2.60. The molecule has 0 spiro atoms. The first-order chi connectivity index (χ1) is 7.59.